The molecule has 0 unspecified atom stereocenters. The van der Waals surface area contributed by atoms with Crippen LogP contribution in [-0.4, -0.2) is 12.1 Å². The Balaban J connectivity index is 2.02. The third kappa shape index (κ3) is 4.92. The van der Waals surface area contributed by atoms with Crippen molar-refractivity contribution in [3.8, 4) is 0 Å². The van der Waals surface area contributed by atoms with Gasteiger partial charge in [0.1, 0.15) is 0 Å². The number of anilines is 1. The molecule has 5 heteroatoms. The number of alkyl halides is 3. The van der Waals surface area contributed by atoms with Crippen molar-refractivity contribution in [2.75, 3.05) is 5.32 Å². The van der Waals surface area contributed by atoms with Crippen LogP contribution >= 0.6 is 0 Å². The minimum atomic E-state index is -4.19. The molecular formula is C16H18F3NO. The smallest absolute Gasteiger partial charge is 0.326 e. The summed E-state index contributed by atoms with van der Waals surface area (Å²) in [5, 5.41) is 2.78. The number of benzene rings is 1. The lowest BCUT2D eigenvalue weighted by molar-refractivity contribution is -0.133. The van der Waals surface area contributed by atoms with E-state index in [1.807, 2.05) is 12.2 Å². The van der Waals surface area contributed by atoms with Crippen LogP contribution in [0.25, 0.3) is 0 Å². The summed E-state index contributed by atoms with van der Waals surface area (Å²) in [6.45, 7) is 0. The van der Waals surface area contributed by atoms with Crippen molar-refractivity contribution in [3.05, 3.63) is 42.0 Å². The van der Waals surface area contributed by atoms with E-state index in [1.54, 1.807) is 24.3 Å². The molecule has 0 aliphatic heterocycles. The minimum Gasteiger partial charge on any atom is -0.326 e. The second kappa shape index (κ2) is 6.78. The lowest BCUT2D eigenvalue weighted by atomic mass is 9.93. The minimum absolute atomic E-state index is 0.0920. The van der Waals surface area contributed by atoms with Crippen molar-refractivity contribution < 1.29 is 18.0 Å². The summed E-state index contributed by atoms with van der Waals surface area (Å²) in [6.07, 6.45) is 1.17. The van der Waals surface area contributed by atoms with Crippen molar-refractivity contribution in [1.29, 1.82) is 0 Å². The van der Waals surface area contributed by atoms with Crippen molar-refractivity contribution in [2.45, 2.75) is 38.3 Å². The fourth-order valence-corrected chi connectivity index (χ4v) is 2.40. The Bertz CT molecular complexity index is 522. The summed E-state index contributed by atoms with van der Waals surface area (Å²) >= 11 is 0. The highest BCUT2D eigenvalue weighted by atomic mass is 19.4. The number of nitrogens with one attached hydrogen (secondary N) is 1. The normalized spacial score (nSPS) is 18.5. The molecule has 0 heterocycles. The Morgan fingerprint density at radius 2 is 2.00 bits per heavy atom. The van der Waals surface area contributed by atoms with Gasteiger partial charge in [0, 0.05) is 18.0 Å². The summed E-state index contributed by atoms with van der Waals surface area (Å²) in [4.78, 5) is 12.2. The summed E-state index contributed by atoms with van der Waals surface area (Å²) in [6, 6.07) is 6.68. The number of hydrogen-bond donors (Lipinski definition) is 1. The number of carbonyl (C=O) groups is 1. The molecule has 1 aliphatic carbocycles. The van der Waals surface area contributed by atoms with Crippen LogP contribution < -0.4 is 5.32 Å². The van der Waals surface area contributed by atoms with Gasteiger partial charge in [-0.3, -0.25) is 4.79 Å². The van der Waals surface area contributed by atoms with Gasteiger partial charge >= 0.3 is 6.18 Å². The molecule has 0 spiro atoms. The molecule has 2 nitrogen and oxygen atoms in total. The number of hydrogen-bond acceptors (Lipinski definition) is 1. The second-order valence-electron chi connectivity index (χ2n) is 5.24. The Labute approximate surface area is 122 Å². The van der Waals surface area contributed by atoms with Gasteiger partial charge in [0.2, 0.25) is 5.91 Å². The van der Waals surface area contributed by atoms with Gasteiger partial charge in [-0.15, -0.1) is 0 Å². The van der Waals surface area contributed by atoms with E-state index in [4.69, 9.17) is 0 Å². The number of halogens is 3. The molecule has 1 aromatic rings. The third-order valence-corrected chi connectivity index (χ3v) is 3.59. The summed E-state index contributed by atoms with van der Waals surface area (Å²) in [5.74, 6) is -0.204. The topological polar surface area (TPSA) is 29.1 Å². The average Bonchev–Trinajstić information content (AvgIpc) is 2.46. The van der Waals surface area contributed by atoms with Gasteiger partial charge in [0.15, 0.2) is 0 Å². The maximum Gasteiger partial charge on any atom is 0.389 e. The predicted molar refractivity (Wildman–Crippen MR) is 75.9 cm³/mol. The molecule has 0 saturated carbocycles. The summed E-state index contributed by atoms with van der Waals surface area (Å²) < 4.78 is 37.0. The standard InChI is InChI=1S/C16H18F3NO/c17-16(18,19)11-10-12-6-4-5-9-14(12)20-15(21)13-7-2-1-3-8-13/h1-2,4-6,9,13H,3,7-8,10-11H2,(H,20,21)/t13-/m1/s1. The zero-order chi connectivity index (χ0) is 15.3. The number of allylic oxidation sites excluding steroid dienone is 2. The monoisotopic (exact) mass is 297 g/mol. The third-order valence-electron chi connectivity index (χ3n) is 3.59. The molecule has 0 fully saturated rings. The summed E-state index contributed by atoms with van der Waals surface area (Å²) in [5.41, 5.74) is 1.01. The SMILES string of the molecule is O=C(Nc1ccccc1CCC(F)(F)F)[C@@H]1CC=CCC1. The molecule has 0 saturated heterocycles. The highest BCUT2D eigenvalue weighted by molar-refractivity contribution is 5.93. The van der Waals surface area contributed by atoms with Crippen molar-refractivity contribution in [3.63, 3.8) is 0 Å². The highest BCUT2D eigenvalue weighted by Gasteiger charge is 2.27. The molecule has 1 aliphatic rings. The van der Waals surface area contributed by atoms with E-state index < -0.39 is 12.6 Å². The van der Waals surface area contributed by atoms with Crippen LogP contribution in [0.2, 0.25) is 0 Å². The van der Waals surface area contributed by atoms with E-state index in [0.29, 0.717) is 17.7 Å². The van der Waals surface area contributed by atoms with E-state index in [2.05, 4.69) is 5.32 Å². The first-order chi connectivity index (χ1) is 9.96. The molecule has 2 rings (SSSR count). The van der Waals surface area contributed by atoms with Crippen LogP contribution in [0, 0.1) is 5.92 Å². The maximum atomic E-state index is 12.3. The number of aryl methyl sites for hydroxylation is 1. The van der Waals surface area contributed by atoms with Crippen LogP contribution in [0.1, 0.15) is 31.2 Å². The molecule has 1 atom stereocenters. The lowest BCUT2D eigenvalue weighted by Crippen LogP contribution is -2.24. The Kier molecular flexibility index (Phi) is 5.04. The fourth-order valence-electron chi connectivity index (χ4n) is 2.40. The lowest BCUT2D eigenvalue weighted by Gasteiger charge is -2.19. The van der Waals surface area contributed by atoms with E-state index in [9.17, 15) is 18.0 Å². The van der Waals surface area contributed by atoms with Gasteiger partial charge in [-0.2, -0.15) is 13.2 Å². The predicted octanol–water partition coefficient (Wildman–Crippen LogP) is 4.48. The number of rotatable bonds is 4. The Morgan fingerprint density at radius 1 is 1.24 bits per heavy atom. The first-order valence-corrected chi connectivity index (χ1v) is 7.06. The van der Waals surface area contributed by atoms with Gasteiger partial charge in [0.25, 0.3) is 0 Å². The largest absolute Gasteiger partial charge is 0.389 e. The number of para-hydroxylation sites is 1. The van der Waals surface area contributed by atoms with Gasteiger partial charge in [-0.1, -0.05) is 30.4 Å². The first-order valence-electron chi connectivity index (χ1n) is 7.06. The Morgan fingerprint density at radius 3 is 2.67 bits per heavy atom. The van der Waals surface area contributed by atoms with E-state index in [1.165, 1.54) is 0 Å². The second-order valence-corrected chi connectivity index (χ2v) is 5.24. The molecule has 114 valence electrons. The zero-order valence-electron chi connectivity index (χ0n) is 11.6. The van der Waals surface area contributed by atoms with Crippen LogP contribution in [-0.2, 0) is 11.2 Å². The molecular weight excluding hydrogens is 279 g/mol. The van der Waals surface area contributed by atoms with Crippen LogP contribution in [0.4, 0.5) is 18.9 Å². The average molecular weight is 297 g/mol. The number of carbonyl (C=O) groups excluding carboxylic acids is 1. The van der Waals surface area contributed by atoms with Gasteiger partial charge in [0.05, 0.1) is 0 Å². The quantitative estimate of drug-likeness (QED) is 0.816. The van der Waals surface area contributed by atoms with Gasteiger partial charge in [-0.05, 0) is 37.3 Å². The molecule has 21 heavy (non-hydrogen) atoms. The highest BCUT2D eigenvalue weighted by Crippen LogP contribution is 2.26. The maximum absolute atomic E-state index is 12.3. The van der Waals surface area contributed by atoms with E-state index >= 15 is 0 Å². The van der Waals surface area contributed by atoms with Crippen LogP contribution in [0.5, 0.6) is 0 Å². The zero-order valence-corrected chi connectivity index (χ0v) is 11.6. The fraction of sp³-hybridized carbons (Fsp3) is 0.438. The molecule has 1 N–H and O–H groups in total. The van der Waals surface area contributed by atoms with Gasteiger partial charge in [-0.25, -0.2) is 0 Å². The van der Waals surface area contributed by atoms with Crippen LogP contribution in [0.3, 0.4) is 0 Å². The van der Waals surface area contributed by atoms with E-state index in [0.717, 1.165) is 12.8 Å². The van der Waals surface area contributed by atoms with Gasteiger partial charge < -0.3 is 5.32 Å². The molecule has 0 bridgehead atoms. The van der Waals surface area contributed by atoms with Crippen molar-refractivity contribution in [2.24, 2.45) is 5.92 Å². The van der Waals surface area contributed by atoms with Crippen molar-refractivity contribution in [1.82, 2.24) is 0 Å². The Hall–Kier alpha value is -1.78. The first kappa shape index (κ1) is 15.6. The van der Waals surface area contributed by atoms with Crippen LogP contribution in [0.15, 0.2) is 36.4 Å². The molecule has 0 aromatic heterocycles. The van der Waals surface area contributed by atoms with E-state index in [-0.39, 0.29) is 18.2 Å². The molecule has 0 radical (unpaired) electrons. The molecule has 1 aromatic carbocycles. The molecule has 1 amide bonds. The van der Waals surface area contributed by atoms with Crippen molar-refractivity contribution >= 4 is 11.6 Å². The number of amides is 1. The summed E-state index contributed by atoms with van der Waals surface area (Å²) in [7, 11) is 0.